The van der Waals surface area contributed by atoms with Crippen LogP contribution in [0.5, 0.6) is 0 Å². The van der Waals surface area contributed by atoms with Gasteiger partial charge in [0.1, 0.15) is 10.8 Å². The Morgan fingerprint density at radius 1 is 1.69 bits per heavy atom. The van der Waals surface area contributed by atoms with Crippen molar-refractivity contribution in [3.63, 3.8) is 0 Å². The molecule has 1 aromatic heterocycles. The average Bonchev–Trinajstić information content (AvgIpc) is 2.21. The van der Waals surface area contributed by atoms with E-state index < -0.39 is 18.1 Å². The van der Waals surface area contributed by atoms with Crippen molar-refractivity contribution in [2.75, 3.05) is 6.61 Å². The highest BCUT2D eigenvalue weighted by atomic mass is 127. The minimum absolute atomic E-state index is 0.0519. The van der Waals surface area contributed by atoms with Crippen molar-refractivity contribution in [1.29, 1.82) is 0 Å². The third kappa shape index (κ3) is 3.00. The van der Waals surface area contributed by atoms with Crippen molar-refractivity contribution in [1.82, 2.24) is 4.98 Å². The quantitative estimate of drug-likeness (QED) is 0.470. The molecule has 88 valence electrons. The molecule has 0 aliphatic carbocycles. The highest BCUT2D eigenvalue weighted by Gasteiger charge is 2.23. The lowest BCUT2D eigenvalue weighted by molar-refractivity contribution is 0.0513. The van der Waals surface area contributed by atoms with Crippen molar-refractivity contribution in [2.45, 2.75) is 13.3 Å². The third-order valence-electron chi connectivity index (χ3n) is 1.66. The molecule has 1 rings (SSSR count). The summed E-state index contributed by atoms with van der Waals surface area (Å²) in [6.07, 6.45) is -2.87. The molecular formula is C9H7ClF2INO2. The Morgan fingerprint density at radius 3 is 2.81 bits per heavy atom. The number of hydrogen-bond acceptors (Lipinski definition) is 3. The van der Waals surface area contributed by atoms with Crippen LogP contribution >= 0.6 is 34.2 Å². The van der Waals surface area contributed by atoms with Gasteiger partial charge in [0.05, 0.1) is 15.7 Å². The minimum atomic E-state index is -2.87. The fourth-order valence-electron chi connectivity index (χ4n) is 1.02. The van der Waals surface area contributed by atoms with Crippen molar-refractivity contribution < 1.29 is 18.3 Å². The summed E-state index contributed by atoms with van der Waals surface area (Å²) < 4.78 is 30.3. The zero-order valence-electron chi connectivity index (χ0n) is 8.14. The van der Waals surface area contributed by atoms with E-state index in [4.69, 9.17) is 11.6 Å². The first-order valence-electron chi connectivity index (χ1n) is 4.28. The Labute approximate surface area is 109 Å². The van der Waals surface area contributed by atoms with E-state index in [9.17, 15) is 13.6 Å². The molecule has 0 unspecified atom stereocenters. The van der Waals surface area contributed by atoms with Crippen LogP contribution < -0.4 is 0 Å². The number of alkyl halides is 2. The lowest BCUT2D eigenvalue weighted by atomic mass is 10.2. The smallest absolute Gasteiger partial charge is 0.340 e. The Morgan fingerprint density at radius 2 is 2.31 bits per heavy atom. The monoisotopic (exact) mass is 361 g/mol. The number of nitrogens with zero attached hydrogens (tertiary/aromatic N) is 1. The number of halogens is 4. The van der Waals surface area contributed by atoms with Gasteiger partial charge in [-0.1, -0.05) is 11.6 Å². The standard InChI is InChI=1S/C9H7ClF2INO2/c1-2-16-9(15)4-3-5(13)7(10)14-6(4)8(11)12/h3,8H,2H2,1H3. The number of pyridine rings is 1. The highest BCUT2D eigenvalue weighted by molar-refractivity contribution is 14.1. The van der Waals surface area contributed by atoms with Gasteiger partial charge in [-0.3, -0.25) is 0 Å². The second-order valence-corrected chi connectivity index (χ2v) is 4.24. The number of ether oxygens (including phenoxy) is 1. The topological polar surface area (TPSA) is 39.2 Å². The second kappa shape index (κ2) is 5.72. The van der Waals surface area contributed by atoms with E-state index in [2.05, 4.69) is 9.72 Å². The molecule has 0 bridgehead atoms. The van der Waals surface area contributed by atoms with Gasteiger partial charge in [0.15, 0.2) is 0 Å². The van der Waals surface area contributed by atoms with Crippen LogP contribution in [0.25, 0.3) is 0 Å². The molecule has 0 spiro atoms. The second-order valence-electron chi connectivity index (χ2n) is 2.71. The minimum Gasteiger partial charge on any atom is -0.462 e. The highest BCUT2D eigenvalue weighted by Crippen LogP contribution is 2.27. The van der Waals surface area contributed by atoms with E-state index >= 15 is 0 Å². The molecule has 0 atom stereocenters. The molecule has 0 saturated carbocycles. The SMILES string of the molecule is CCOC(=O)c1cc(I)c(Cl)nc1C(F)F. The summed E-state index contributed by atoms with van der Waals surface area (Å²) in [4.78, 5) is 14.9. The maximum absolute atomic E-state index is 12.6. The predicted octanol–water partition coefficient (Wildman–Crippen LogP) is 3.45. The molecule has 0 radical (unpaired) electrons. The van der Waals surface area contributed by atoms with E-state index in [0.717, 1.165) is 0 Å². The molecule has 0 aliphatic heterocycles. The lowest BCUT2D eigenvalue weighted by Gasteiger charge is -2.08. The van der Waals surface area contributed by atoms with Crippen molar-refractivity contribution in [2.24, 2.45) is 0 Å². The fourth-order valence-corrected chi connectivity index (χ4v) is 1.60. The molecule has 1 heterocycles. The first-order chi connectivity index (χ1) is 7.47. The summed E-state index contributed by atoms with van der Waals surface area (Å²) >= 11 is 7.41. The maximum Gasteiger partial charge on any atom is 0.340 e. The number of aromatic nitrogens is 1. The van der Waals surface area contributed by atoms with Crippen molar-refractivity contribution >= 4 is 40.2 Å². The maximum atomic E-state index is 12.6. The average molecular weight is 362 g/mol. The Kier molecular flexibility index (Phi) is 4.85. The largest absolute Gasteiger partial charge is 0.462 e. The molecule has 0 aromatic carbocycles. The first-order valence-corrected chi connectivity index (χ1v) is 5.74. The first kappa shape index (κ1) is 13.6. The van der Waals surface area contributed by atoms with Crippen LogP contribution in [0.4, 0.5) is 8.78 Å². The number of rotatable bonds is 3. The molecular weight excluding hydrogens is 354 g/mol. The normalized spacial score (nSPS) is 10.6. The molecule has 0 N–H and O–H groups in total. The van der Waals surface area contributed by atoms with E-state index in [-0.39, 0.29) is 17.3 Å². The Balaban J connectivity index is 3.24. The Bertz CT molecular complexity index is 415. The number of esters is 1. The fraction of sp³-hybridized carbons (Fsp3) is 0.333. The van der Waals surface area contributed by atoms with E-state index in [1.54, 1.807) is 29.5 Å². The summed E-state index contributed by atoms with van der Waals surface area (Å²) in [6.45, 7) is 1.70. The van der Waals surface area contributed by atoms with Gasteiger partial charge in [-0.05, 0) is 35.6 Å². The van der Waals surface area contributed by atoms with E-state index in [1.807, 2.05) is 0 Å². The van der Waals surface area contributed by atoms with Crippen molar-refractivity contribution in [3.05, 3.63) is 26.0 Å². The van der Waals surface area contributed by atoms with Gasteiger partial charge in [-0.2, -0.15) is 0 Å². The van der Waals surface area contributed by atoms with Crippen molar-refractivity contribution in [3.8, 4) is 0 Å². The molecule has 1 aromatic rings. The lowest BCUT2D eigenvalue weighted by Crippen LogP contribution is -2.11. The zero-order valence-corrected chi connectivity index (χ0v) is 11.1. The van der Waals surface area contributed by atoms with Gasteiger partial charge in [-0.25, -0.2) is 18.6 Å². The van der Waals surface area contributed by atoms with Crippen LogP contribution in [-0.4, -0.2) is 17.6 Å². The van der Waals surface area contributed by atoms with Gasteiger partial charge >= 0.3 is 5.97 Å². The van der Waals surface area contributed by atoms with Gasteiger partial charge in [0.25, 0.3) is 6.43 Å². The van der Waals surface area contributed by atoms with Gasteiger partial charge < -0.3 is 4.74 Å². The number of carbonyl (C=O) groups excluding carboxylic acids is 1. The van der Waals surface area contributed by atoms with Crippen LogP contribution in [0.1, 0.15) is 29.4 Å². The van der Waals surface area contributed by atoms with Crippen LogP contribution in [0.2, 0.25) is 5.15 Å². The summed E-state index contributed by atoms with van der Waals surface area (Å²) in [6, 6.07) is 1.25. The molecule has 0 saturated heterocycles. The summed E-state index contributed by atoms with van der Waals surface area (Å²) in [7, 11) is 0. The van der Waals surface area contributed by atoms with Crippen LogP contribution in [0.15, 0.2) is 6.07 Å². The number of hydrogen-bond donors (Lipinski definition) is 0. The molecule has 7 heteroatoms. The summed E-state index contributed by atoms with van der Waals surface area (Å²) in [5.74, 6) is -0.820. The van der Waals surface area contributed by atoms with Crippen LogP contribution in [-0.2, 0) is 4.74 Å². The summed E-state index contributed by atoms with van der Waals surface area (Å²) in [5.41, 5.74) is -0.894. The Hall–Kier alpha value is -0.500. The van der Waals surface area contributed by atoms with Crippen LogP contribution in [0, 0.1) is 3.57 Å². The summed E-state index contributed by atoms with van der Waals surface area (Å²) in [5, 5.41) is -0.0519. The molecule has 0 aliphatic rings. The van der Waals surface area contributed by atoms with Crippen LogP contribution in [0.3, 0.4) is 0 Å². The number of carbonyl (C=O) groups is 1. The van der Waals surface area contributed by atoms with Gasteiger partial charge in [0, 0.05) is 0 Å². The molecule has 0 fully saturated rings. The molecule has 16 heavy (non-hydrogen) atoms. The van der Waals surface area contributed by atoms with Gasteiger partial charge in [-0.15, -0.1) is 0 Å². The third-order valence-corrected chi connectivity index (χ3v) is 3.09. The molecule has 0 amide bonds. The van der Waals surface area contributed by atoms with E-state index in [1.165, 1.54) is 6.07 Å². The van der Waals surface area contributed by atoms with Gasteiger partial charge in [0.2, 0.25) is 0 Å². The molecule has 3 nitrogen and oxygen atoms in total. The zero-order chi connectivity index (χ0) is 12.3. The predicted molar refractivity (Wildman–Crippen MR) is 62.9 cm³/mol. The van der Waals surface area contributed by atoms with E-state index in [0.29, 0.717) is 3.57 Å².